The van der Waals surface area contributed by atoms with Crippen LogP contribution in [0.3, 0.4) is 0 Å². The van der Waals surface area contributed by atoms with Crippen LogP contribution in [-0.4, -0.2) is 25.6 Å². The molecule has 10 heteroatoms. The van der Waals surface area contributed by atoms with E-state index < -0.39 is 21.6 Å². The van der Waals surface area contributed by atoms with Crippen LogP contribution >= 0.6 is 11.6 Å². The van der Waals surface area contributed by atoms with E-state index >= 15 is 0 Å². The number of rotatable bonds is 5. The van der Waals surface area contributed by atoms with Crippen LogP contribution in [-0.2, 0) is 9.84 Å². The molecule has 0 atom stereocenters. The molecule has 2 aromatic carbocycles. The minimum atomic E-state index is -3.35. The summed E-state index contributed by atoms with van der Waals surface area (Å²) in [5, 5.41) is 2.82. The summed E-state index contributed by atoms with van der Waals surface area (Å²) in [6.45, 7) is 0. The van der Waals surface area contributed by atoms with Gasteiger partial charge in [0.1, 0.15) is 5.82 Å². The Labute approximate surface area is 158 Å². The standard InChI is InChI=1S/C17H13ClFN3O4S/c1-27(24,25)10-7-5-9(6-8-10)21-17-14(15(20)23)22-16(26-17)13-11(18)3-2-4-12(13)19/h2-8,21H,1H3,(H2,20,23). The van der Waals surface area contributed by atoms with Crippen LogP contribution in [0.5, 0.6) is 0 Å². The van der Waals surface area contributed by atoms with Crippen molar-refractivity contribution in [1.29, 1.82) is 0 Å². The number of hydrogen-bond donors (Lipinski definition) is 2. The minimum Gasteiger partial charge on any atom is -0.419 e. The molecule has 0 bridgehead atoms. The van der Waals surface area contributed by atoms with Gasteiger partial charge in [-0.25, -0.2) is 17.8 Å². The van der Waals surface area contributed by atoms with Gasteiger partial charge in [0.05, 0.1) is 15.5 Å². The van der Waals surface area contributed by atoms with Crippen LogP contribution < -0.4 is 11.1 Å². The Hall–Kier alpha value is -2.91. The van der Waals surface area contributed by atoms with Gasteiger partial charge in [-0.3, -0.25) is 4.79 Å². The highest BCUT2D eigenvalue weighted by molar-refractivity contribution is 7.90. The van der Waals surface area contributed by atoms with Crippen LogP contribution in [0.4, 0.5) is 16.0 Å². The molecule has 3 aromatic rings. The zero-order chi connectivity index (χ0) is 19.8. The third-order valence-electron chi connectivity index (χ3n) is 3.58. The van der Waals surface area contributed by atoms with Crippen molar-refractivity contribution in [3.8, 4) is 11.5 Å². The van der Waals surface area contributed by atoms with Gasteiger partial charge in [0.25, 0.3) is 5.91 Å². The maximum atomic E-state index is 14.1. The molecule has 0 aliphatic carbocycles. The average molecular weight is 410 g/mol. The van der Waals surface area contributed by atoms with Gasteiger partial charge in [0, 0.05) is 11.9 Å². The predicted octanol–water partition coefficient (Wildman–Crippen LogP) is 3.38. The highest BCUT2D eigenvalue weighted by Gasteiger charge is 2.23. The first-order chi connectivity index (χ1) is 12.7. The number of aromatic nitrogens is 1. The SMILES string of the molecule is CS(=O)(=O)c1ccc(Nc2oc(-c3c(F)cccc3Cl)nc2C(N)=O)cc1. The zero-order valence-electron chi connectivity index (χ0n) is 13.9. The number of nitrogens with zero attached hydrogens (tertiary/aromatic N) is 1. The van der Waals surface area contributed by atoms with E-state index in [1.807, 2.05) is 0 Å². The van der Waals surface area contributed by atoms with Crippen molar-refractivity contribution < 1.29 is 22.0 Å². The Balaban J connectivity index is 2.01. The molecule has 0 unspecified atom stereocenters. The summed E-state index contributed by atoms with van der Waals surface area (Å²) >= 11 is 5.99. The number of anilines is 2. The summed E-state index contributed by atoms with van der Waals surface area (Å²) in [7, 11) is -3.35. The lowest BCUT2D eigenvalue weighted by Crippen LogP contribution is -2.13. The lowest BCUT2D eigenvalue weighted by atomic mass is 10.2. The first-order valence-electron chi connectivity index (χ1n) is 7.49. The summed E-state index contributed by atoms with van der Waals surface area (Å²) in [4.78, 5) is 15.7. The molecular formula is C17H13ClFN3O4S. The fourth-order valence-corrected chi connectivity index (χ4v) is 3.17. The van der Waals surface area contributed by atoms with Crippen LogP contribution in [0.2, 0.25) is 5.02 Å². The Kier molecular flexibility index (Phi) is 4.90. The quantitative estimate of drug-likeness (QED) is 0.667. The van der Waals surface area contributed by atoms with E-state index in [1.54, 1.807) is 0 Å². The molecule has 0 saturated carbocycles. The molecule has 1 amide bonds. The number of oxazole rings is 1. The number of halogens is 2. The number of hydrogen-bond acceptors (Lipinski definition) is 6. The van der Waals surface area contributed by atoms with Gasteiger partial charge in [-0.05, 0) is 36.4 Å². The van der Waals surface area contributed by atoms with Crippen LogP contribution in [0, 0.1) is 5.82 Å². The number of primary amides is 1. The predicted molar refractivity (Wildman–Crippen MR) is 98.3 cm³/mol. The average Bonchev–Trinajstić information content (AvgIpc) is 2.98. The van der Waals surface area contributed by atoms with Gasteiger partial charge in [0.2, 0.25) is 11.8 Å². The minimum absolute atomic E-state index is 0.0522. The van der Waals surface area contributed by atoms with E-state index in [0.717, 1.165) is 6.26 Å². The number of amides is 1. The molecule has 1 heterocycles. The molecule has 140 valence electrons. The number of nitrogens with two attached hydrogens (primary N) is 1. The number of sulfone groups is 1. The van der Waals surface area contributed by atoms with E-state index in [9.17, 15) is 17.6 Å². The van der Waals surface area contributed by atoms with Crippen LogP contribution in [0.1, 0.15) is 10.5 Å². The molecule has 27 heavy (non-hydrogen) atoms. The van der Waals surface area contributed by atoms with Crippen molar-refractivity contribution in [2.24, 2.45) is 5.73 Å². The Morgan fingerprint density at radius 1 is 1.22 bits per heavy atom. The number of benzene rings is 2. The molecule has 0 saturated heterocycles. The Bertz CT molecular complexity index is 1110. The Morgan fingerprint density at radius 3 is 2.44 bits per heavy atom. The van der Waals surface area contributed by atoms with Gasteiger partial charge in [0.15, 0.2) is 15.5 Å². The van der Waals surface area contributed by atoms with Gasteiger partial charge in [-0.15, -0.1) is 0 Å². The summed E-state index contributed by atoms with van der Waals surface area (Å²) in [6, 6.07) is 9.75. The molecule has 7 nitrogen and oxygen atoms in total. The summed E-state index contributed by atoms with van der Waals surface area (Å²) in [6.07, 6.45) is 1.08. The summed E-state index contributed by atoms with van der Waals surface area (Å²) < 4.78 is 42.6. The smallest absolute Gasteiger partial charge is 0.273 e. The van der Waals surface area contributed by atoms with Gasteiger partial charge in [-0.1, -0.05) is 17.7 Å². The van der Waals surface area contributed by atoms with Gasteiger partial charge in [-0.2, -0.15) is 0 Å². The molecule has 0 aliphatic heterocycles. The topological polar surface area (TPSA) is 115 Å². The van der Waals surface area contributed by atoms with Crippen molar-refractivity contribution in [2.45, 2.75) is 4.90 Å². The fourth-order valence-electron chi connectivity index (χ4n) is 2.30. The summed E-state index contributed by atoms with van der Waals surface area (Å²) in [5.41, 5.74) is 5.36. The maximum absolute atomic E-state index is 14.1. The first-order valence-corrected chi connectivity index (χ1v) is 9.76. The summed E-state index contributed by atoms with van der Waals surface area (Å²) in [5.74, 6) is -1.91. The fraction of sp³-hybridized carbons (Fsp3) is 0.0588. The van der Waals surface area contributed by atoms with Gasteiger partial charge < -0.3 is 15.5 Å². The largest absolute Gasteiger partial charge is 0.419 e. The second kappa shape index (κ2) is 7.01. The molecule has 3 rings (SSSR count). The van der Waals surface area contributed by atoms with Crippen LogP contribution in [0.25, 0.3) is 11.5 Å². The highest BCUT2D eigenvalue weighted by atomic mass is 35.5. The van der Waals surface area contributed by atoms with Crippen molar-refractivity contribution in [2.75, 3.05) is 11.6 Å². The van der Waals surface area contributed by atoms with Crippen molar-refractivity contribution in [1.82, 2.24) is 4.98 Å². The lowest BCUT2D eigenvalue weighted by Gasteiger charge is -2.05. The highest BCUT2D eigenvalue weighted by Crippen LogP contribution is 2.34. The molecule has 0 aliphatic rings. The number of carbonyl (C=O) groups excluding carboxylic acids is 1. The molecular weight excluding hydrogens is 397 g/mol. The third-order valence-corrected chi connectivity index (χ3v) is 5.02. The Morgan fingerprint density at radius 2 is 1.89 bits per heavy atom. The molecule has 3 N–H and O–H groups in total. The van der Waals surface area contributed by atoms with Crippen molar-refractivity contribution >= 4 is 38.9 Å². The molecule has 0 radical (unpaired) electrons. The maximum Gasteiger partial charge on any atom is 0.273 e. The number of nitrogens with one attached hydrogen (secondary N) is 1. The second-order valence-corrected chi connectivity index (χ2v) is 8.00. The van der Waals surface area contributed by atoms with Crippen LogP contribution in [0.15, 0.2) is 51.8 Å². The zero-order valence-corrected chi connectivity index (χ0v) is 15.4. The van der Waals surface area contributed by atoms with Crippen molar-refractivity contribution in [3.63, 3.8) is 0 Å². The molecule has 0 fully saturated rings. The van der Waals surface area contributed by atoms with E-state index in [2.05, 4.69) is 10.3 Å². The van der Waals surface area contributed by atoms with E-state index in [0.29, 0.717) is 5.69 Å². The third kappa shape index (κ3) is 3.93. The van der Waals surface area contributed by atoms with Gasteiger partial charge >= 0.3 is 0 Å². The van der Waals surface area contributed by atoms with Crippen molar-refractivity contribution in [3.05, 3.63) is 59.0 Å². The first kappa shape index (κ1) is 18.9. The lowest BCUT2D eigenvalue weighted by molar-refractivity contribution is 0.0996. The molecule has 1 aromatic heterocycles. The second-order valence-electron chi connectivity index (χ2n) is 5.58. The number of carbonyl (C=O) groups is 1. The van der Waals surface area contributed by atoms with E-state index in [1.165, 1.54) is 42.5 Å². The monoisotopic (exact) mass is 409 g/mol. The molecule has 0 spiro atoms. The van der Waals surface area contributed by atoms with E-state index in [-0.39, 0.29) is 33.0 Å². The van der Waals surface area contributed by atoms with E-state index in [4.69, 9.17) is 21.8 Å². The normalized spacial score (nSPS) is 11.4.